The SMILES string of the molecule is CC1CC(C)CC2(C1)N=C(c1cccc(OCCC3CC3)c1)C(=O)N2[C@H](CCC(C)(C)C)c1ccc(C(=O)NCc2nn[nH]n2)cc1. The zero-order valence-electron chi connectivity index (χ0n) is 28.5. The van der Waals surface area contributed by atoms with E-state index in [0.29, 0.717) is 35.5 Å². The molecule has 1 aromatic heterocycles. The minimum Gasteiger partial charge on any atom is -0.494 e. The molecule has 2 saturated carbocycles. The molecule has 3 aromatic rings. The first kappa shape index (κ1) is 32.8. The minimum atomic E-state index is -0.629. The summed E-state index contributed by atoms with van der Waals surface area (Å²) < 4.78 is 6.13. The van der Waals surface area contributed by atoms with Gasteiger partial charge in [-0.2, -0.15) is 5.21 Å². The van der Waals surface area contributed by atoms with Crippen molar-refractivity contribution in [3.05, 3.63) is 71.0 Å². The first-order valence-corrected chi connectivity index (χ1v) is 17.3. The summed E-state index contributed by atoms with van der Waals surface area (Å²) in [6.45, 7) is 12.2. The number of H-pyrrole nitrogens is 1. The van der Waals surface area contributed by atoms with Crippen molar-refractivity contribution < 1.29 is 14.3 Å². The Hall–Kier alpha value is -4.08. The third kappa shape index (κ3) is 7.91. The van der Waals surface area contributed by atoms with Crippen molar-refractivity contribution in [2.75, 3.05) is 6.61 Å². The quantitative estimate of drug-likeness (QED) is 0.228. The van der Waals surface area contributed by atoms with E-state index in [0.717, 1.165) is 61.3 Å². The third-order valence-corrected chi connectivity index (χ3v) is 9.78. The number of nitrogens with one attached hydrogen (secondary N) is 2. The van der Waals surface area contributed by atoms with Crippen LogP contribution in [0.15, 0.2) is 53.5 Å². The second kappa shape index (κ2) is 13.6. The van der Waals surface area contributed by atoms with Gasteiger partial charge in [-0.3, -0.25) is 14.6 Å². The molecule has 2 aliphatic carbocycles. The lowest BCUT2D eigenvalue weighted by Crippen LogP contribution is -2.52. The summed E-state index contributed by atoms with van der Waals surface area (Å²) >= 11 is 0. The molecular weight excluding hydrogens is 590 g/mol. The third-order valence-electron chi connectivity index (χ3n) is 9.78. The van der Waals surface area contributed by atoms with Gasteiger partial charge in [0.25, 0.3) is 11.8 Å². The van der Waals surface area contributed by atoms with Crippen LogP contribution < -0.4 is 10.1 Å². The van der Waals surface area contributed by atoms with E-state index in [1.54, 1.807) is 0 Å². The van der Waals surface area contributed by atoms with Crippen LogP contribution in [0.25, 0.3) is 0 Å². The summed E-state index contributed by atoms with van der Waals surface area (Å²) in [5.74, 6) is 2.62. The molecular formula is C37H49N7O3. The van der Waals surface area contributed by atoms with E-state index in [1.807, 2.05) is 48.5 Å². The lowest BCUT2D eigenvalue weighted by molar-refractivity contribution is -0.134. The van der Waals surface area contributed by atoms with Crippen molar-refractivity contribution in [1.82, 2.24) is 30.8 Å². The Morgan fingerprint density at radius 2 is 1.85 bits per heavy atom. The zero-order valence-corrected chi connectivity index (χ0v) is 28.5. The molecule has 2 heterocycles. The molecule has 47 heavy (non-hydrogen) atoms. The number of tetrazole rings is 1. The minimum absolute atomic E-state index is 0.0257. The van der Waals surface area contributed by atoms with Crippen LogP contribution in [0.1, 0.15) is 119 Å². The highest BCUT2D eigenvalue weighted by molar-refractivity contribution is 6.46. The summed E-state index contributed by atoms with van der Waals surface area (Å²) in [7, 11) is 0. The standard InChI is InChI=1S/C37H49N7O3/c1-24-19-25(2)22-37(21-24)39-33(29-7-6-8-30(20-29)47-18-16-26-9-10-26)35(46)44(37)31(15-17-36(3,4)5)27-11-13-28(14-12-27)34(45)38-23-32-40-42-43-41-32/h6-8,11-14,20,24-26,31H,9-10,15-19,21-23H2,1-5H3,(H,38,45)(H,40,41,42,43)/t24?,25?,31-,37?/m1/s1. The van der Waals surface area contributed by atoms with Crippen LogP contribution >= 0.6 is 0 Å². The highest BCUT2D eigenvalue weighted by atomic mass is 16.5. The van der Waals surface area contributed by atoms with Crippen LogP contribution in [-0.4, -0.2) is 55.3 Å². The molecule has 2 N–H and O–H groups in total. The number of carbonyl (C=O) groups is 2. The van der Waals surface area contributed by atoms with E-state index in [4.69, 9.17) is 9.73 Å². The number of hydrogen-bond acceptors (Lipinski definition) is 7. The Morgan fingerprint density at radius 3 is 2.51 bits per heavy atom. The smallest absolute Gasteiger partial charge is 0.275 e. The van der Waals surface area contributed by atoms with Crippen LogP contribution in [0.2, 0.25) is 0 Å². The first-order chi connectivity index (χ1) is 22.5. The monoisotopic (exact) mass is 639 g/mol. The van der Waals surface area contributed by atoms with Gasteiger partial charge >= 0.3 is 0 Å². The molecule has 2 aromatic carbocycles. The van der Waals surface area contributed by atoms with E-state index in [9.17, 15) is 9.59 Å². The number of hydrogen-bond donors (Lipinski definition) is 2. The van der Waals surface area contributed by atoms with E-state index < -0.39 is 5.66 Å². The highest BCUT2D eigenvalue weighted by Crippen LogP contribution is 2.49. The zero-order chi connectivity index (χ0) is 33.2. The number of rotatable bonds is 12. The van der Waals surface area contributed by atoms with E-state index in [1.165, 1.54) is 12.8 Å². The lowest BCUT2D eigenvalue weighted by atomic mass is 9.75. The molecule has 2 fully saturated rings. The van der Waals surface area contributed by atoms with E-state index in [2.05, 4.69) is 65.5 Å². The van der Waals surface area contributed by atoms with Crippen LogP contribution in [0, 0.1) is 23.2 Å². The Bertz CT molecular complexity index is 1560. The molecule has 6 rings (SSSR count). The van der Waals surface area contributed by atoms with Crippen molar-refractivity contribution in [2.24, 2.45) is 28.2 Å². The number of ether oxygens (including phenoxy) is 1. The van der Waals surface area contributed by atoms with Gasteiger partial charge in [0.15, 0.2) is 5.82 Å². The van der Waals surface area contributed by atoms with Crippen molar-refractivity contribution in [3.63, 3.8) is 0 Å². The Labute approximate surface area is 278 Å². The Morgan fingerprint density at radius 1 is 1.11 bits per heavy atom. The van der Waals surface area contributed by atoms with Gasteiger partial charge in [0.2, 0.25) is 0 Å². The van der Waals surface area contributed by atoms with Gasteiger partial charge in [-0.05, 0) is 91.5 Å². The predicted molar refractivity (Wildman–Crippen MR) is 181 cm³/mol. The topological polar surface area (TPSA) is 125 Å². The molecule has 10 heteroatoms. The van der Waals surface area contributed by atoms with Crippen molar-refractivity contribution in [1.29, 1.82) is 0 Å². The molecule has 2 amide bonds. The van der Waals surface area contributed by atoms with Crippen LogP contribution in [0.4, 0.5) is 0 Å². The molecule has 3 aliphatic rings. The molecule has 1 aliphatic heterocycles. The molecule has 3 atom stereocenters. The fraction of sp³-hybridized carbons (Fsp3) is 0.568. The maximum Gasteiger partial charge on any atom is 0.275 e. The normalized spacial score (nSPS) is 23.6. The molecule has 2 unspecified atom stereocenters. The number of aliphatic imine (C=N–C) groups is 1. The molecule has 1 spiro atoms. The summed E-state index contributed by atoms with van der Waals surface area (Å²) in [6.07, 6.45) is 8.17. The summed E-state index contributed by atoms with van der Waals surface area (Å²) in [5, 5.41) is 16.6. The summed E-state index contributed by atoms with van der Waals surface area (Å²) in [5.41, 5.74) is 2.33. The fourth-order valence-corrected chi connectivity index (χ4v) is 7.45. The Balaban J connectivity index is 1.31. The molecule has 0 radical (unpaired) electrons. The average molecular weight is 640 g/mol. The molecule has 0 saturated heterocycles. The average Bonchev–Trinajstić information content (AvgIpc) is 3.62. The number of benzene rings is 2. The van der Waals surface area contributed by atoms with Gasteiger partial charge < -0.3 is 15.0 Å². The van der Waals surface area contributed by atoms with Gasteiger partial charge in [0.05, 0.1) is 19.2 Å². The highest BCUT2D eigenvalue weighted by Gasteiger charge is 2.53. The predicted octanol–water partition coefficient (Wildman–Crippen LogP) is 6.66. The fourth-order valence-electron chi connectivity index (χ4n) is 7.45. The number of aromatic amines is 1. The van der Waals surface area contributed by atoms with E-state index in [-0.39, 0.29) is 29.8 Å². The number of carbonyl (C=O) groups excluding carboxylic acids is 2. The van der Waals surface area contributed by atoms with Gasteiger partial charge in [0, 0.05) is 11.1 Å². The van der Waals surface area contributed by atoms with Crippen LogP contribution in [-0.2, 0) is 11.3 Å². The van der Waals surface area contributed by atoms with Crippen molar-refractivity contribution in [2.45, 2.75) is 104 Å². The van der Waals surface area contributed by atoms with Gasteiger partial charge in [-0.15, -0.1) is 10.2 Å². The summed E-state index contributed by atoms with van der Waals surface area (Å²) in [4.78, 5) is 35.3. The maximum absolute atomic E-state index is 14.8. The number of nitrogens with zero attached hydrogens (tertiary/aromatic N) is 5. The second-order valence-electron chi connectivity index (χ2n) is 15.3. The lowest BCUT2D eigenvalue weighted by Gasteiger charge is -2.47. The van der Waals surface area contributed by atoms with Crippen LogP contribution in [0.3, 0.4) is 0 Å². The van der Waals surface area contributed by atoms with E-state index >= 15 is 0 Å². The Kier molecular flexibility index (Phi) is 9.48. The summed E-state index contributed by atoms with van der Waals surface area (Å²) in [6, 6.07) is 15.4. The first-order valence-electron chi connectivity index (χ1n) is 17.3. The number of aromatic nitrogens is 4. The van der Waals surface area contributed by atoms with Gasteiger partial charge in [-0.1, -0.05) is 76.9 Å². The van der Waals surface area contributed by atoms with Crippen molar-refractivity contribution in [3.8, 4) is 5.75 Å². The number of amides is 2. The maximum atomic E-state index is 14.8. The second-order valence-corrected chi connectivity index (χ2v) is 15.3. The largest absolute Gasteiger partial charge is 0.494 e. The molecule has 0 bridgehead atoms. The molecule has 10 nitrogen and oxygen atoms in total. The molecule has 250 valence electrons. The van der Waals surface area contributed by atoms with Crippen LogP contribution in [0.5, 0.6) is 5.75 Å². The van der Waals surface area contributed by atoms with Crippen molar-refractivity contribution >= 4 is 17.5 Å². The van der Waals surface area contributed by atoms with Gasteiger partial charge in [0.1, 0.15) is 17.1 Å². The van der Waals surface area contributed by atoms with Gasteiger partial charge in [-0.25, -0.2) is 0 Å².